The van der Waals surface area contributed by atoms with Crippen molar-refractivity contribution >= 4 is 6.09 Å². The number of carbonyl (C=O) groups is 1. The fourth-order valence-corrected chi connectivity index (χ4v) is 1.41. The molecule has 0 heterocycles. The molecule has 0 rings (SSSR count). The van der Waals surface area contributed by atoms with Crippen LogP contribution in [0.15, 0.2) is 0 Å². The van der Waals surface area contributed by atoms with Crippen molar-refractivity contribution in [1.82, 2.24) is 4.90 Å². The Morgan fingerprint density at radius 3 is 2.39 bits per heavy atom. The number of nitriles is 1. The van der Waals surface area contributed by atoms with Crippen LogP contribution in [0.25, 0.3) is 0 Å². The molecule has 0 saturated heterocycles. The van der Waals surface area contributed by atoms with Gasteiger partial charge in [0.2, 0.25) is 0 Å². The topological polar surface area (TPSA) is 73.6 Å². The summed E-state index contributed by atoms with van der Waals surface area (Å²) >= 11 is 0. The first-order chi connectivity index (χ1) is 8.17. The molecule has 104 valence electrons. The third-order valence-electron chi connectivity index (χ3n) is 2.40. The summed E-state index contributed by atoms with van der Waals surface area (Å²) in [5, 5.41) is 18.2. The summed E-state index contributed by atoms with van der Waals surface area (Å²) in [6.45, 7) is 7.06. The molecule has 0 radical (unpaired) electrons. The van der Waals surface area contributed by atoms with Crippen molar-refractivity contribution in [1.29, 1.82) is 5.26 Å². The Balaban J connectivity index is 4.30. The first kappa shape index (κ1) is 16.7. The van der Waals surface area contributed by atoms with E-state index in [1.807, 2.05) is 0 Å². The lowest BCUT2D eigenvalue weighted by molar-refractivity contribution is 0.0252. The van der Waals surface area contributed by atoms with Gasteiger partial charge in [0.05, 0.1) is 12.2 Å². The Kier molecular flexibility index (Phi) is 6.71. The highest BCUT2D eigenvalue weighted by Crippen LogP contribution is 2.13. The van der Waals surface area contributed by atoms with Gasteiger partial charge in [0, 0.05) is 7.05 Å². The van der Waals surface area contributed by atoms with Crippen molar-refractivity contribution < 1.29 is 14.6 Å². The summed E-state index contributed by atoms with van der Waals surface area (Å²) in [5.74, 6) is 0. The average Bonchev–Trinajstić information content (AvgIpc) is 2.20. The van der Waals surface area contributed by atoms with E-state index in [4.69, 9.17) is 15.1 Å². The molecule has 18 heavy (non-hydrogen) atoms. The number of ether oxygens (including phenoxy) is 1. The Morgan fingerprint density at radius 1 is 1.44 bits per heavy atom. The maximum Gasteiger partial charge on any atom is 0.411 e. The molecule has 0 aromatic carbocycles. The number of hydrogen-bond acceptors (Lipinski definition) is 4. The summed E-state index contributed by atoms with van der Waals surface area (Å²) in [4.78, 5) is 13.1. The number of hydrogen-bond donors (Lipinski definition) is 1. The van der Waals surface area contributed by atoms with Gasteiger partial charge >= 0.3 is 6.09 Å². The van der Waals surface area contributed by atoms with Gasteiger partial charge in [-0.05, 0) is 47.0 Å². The van der Waals surface area contributed by atoms with Crippen LogP contribution >= 0.6 is 0 Å². The summed E-state index contributed by atoms with van der Waals surface area (Å²) in [5.41, 5.74) is -0.565. The van der Waals surface area contributed by atoms with Crippen molar-refractivity contribution in [2.45, 2.75) is 64.7 Å². The van der Waals surface area contributed by atoms with E-state index in [2.05, 4.69) is 6.07 Å². The minimum absolute atomic E-state index is 0.379. The Bertz CT molecular complexity index is 302. The summed E-state index contributed by atoms with van der Waals surface area (Å²) in [6, 6.07) is 1.57. The van der Waals surface area contributed by atoms with Gasteiger partial charge in [-0.2, -0.15) is 5.26 Å². The lowest BCUT2D eigenvalue weighted by atomic mass is 10.1. The predicted molar refractivity (Wildman–Crippen MR) is 68.9 cm³/mol. The molecule has 2 atom stereocenters. The fraction of sp³-hybridized carbons (Fsp3) is 0.846. The number of amides is 1. The highest BCUT2D eigenvalue weighted by atomic mass is 16.6. The number of aliphatic hydroxyl groups excluding tert-OH is 1. The molecule has 0 saturated carbocycles. The van der Waals surface area contributed by atoms with Gasteiger partial charge in [0.1, 0.15) is 11.6 Å². The third-order valence-corrected chi connectivity index (χ3v) is 2.40. The van der Waals surface area contributed by atoms with E-state index < -0.39 is 17.7 Å². The molecule has 5 nitrogen and oxygen atoms in total. The second-order valence-corrected chi connectivity index (χ2v) is 5.52. The Hall–Kier alpha value is -1.28. The average molecular weight is 256 g/mol. The molecule has 1 N–H and O–H groups in total. The van der Waals surface area contributed by atoms with Crippen LogP contribution in [0, 0.1) is 11.3 Å². The first-order valence-electron chi connectivity index (χ1n) is 6.21. The lowest BCUT2D eigenvalue weighted by Gasteiger charge is -2.27. The van der Waals surface area contributed by atoms with Crippen LogP contribution in [0.4, 0.5) is 4.79 Å². The normalized spacial score (nSPS) is 14.5. The molecule has 0 aliphatic heterocycles. The van der Waals surface area contributed by atoms with Crippen molar-refractivity contribution in [3.05, 3.63) is 0 Å². The quantitative estimate of drug-likeness (QED) is 0.819. The van der Waals surface area contributed by atoms with E-state index in [1.165, 1.54) is 4.90 Å². The largest absolute Gasteiger partial charge is 0.444 e. The van der Waals surface area contributed by atoms with Crippen molar-refractivity contribution in [3.63, 3.8) is 0 Å². The molecule has 0 unspecified atom stereocenters. The van der Waals surface area contributed by atoms with E-state index in [0.717, 1.165) is 0 Å². The monoisotopic (exact) mass is 256 g/mol. The van der Waals surface area contributed by atoms with E-state index in [1.54, 1.807) is 34.7 Å². The minimum Gasteiger partial charge on any atom is -0.444 e. The molecule has 0 aliphatic rings. The zero-order chi connectivity index (χ0) is 14.3. The van der Waals surface area contributed by atoms with Crippen molar-refractivity contribution in [3.8, 4) is 6.07 Å². The van der Waals surface area contributed by atoms with Gasteiger partial charge in [-0.3, -0.25) is 4.90 Å². The van der Waals surface area contributed by atoms with E-state index in [9.17, 15) is 4.79 Å². The van der Waals surface area contributed by atoms with Crippen LogP contribution in [-0.4, -0.2) is 40.9 Å². The molecule has 5 heteroatoms. The molecule has 1 amide bonds. The maximum atomic E-state index is 11.8. The van der Waals surface area contributed by atoms with Crippen LogP contribution in [0.3, 0.4) is 0 Å². The first-order valence-corrected chi connectivity index (χ1v) is 6.21. The lowest BCUT2D eigenvalue weighted by Crippen LogP contribution is -2.40. The van der Waals surface area contributed by atoms with Crippen molar-refractivity contribution in [2.24, 2.45) is 0 Å². The van der Waals surface area contributed by atoms with Gasteiger partial charge in [-0.15, -0.1) is 0 Å². The number of aliphatic hydroxyl groups is 1. The third kappa shape index (κ3) is 7.13. The molecule has 0 spiro atoms. The zero-order valence-corrected chi connectivity index (χ0v) is 11.9. The Labute approximate surface area is 109 Å². The van der Waals surface area contributed by atoms with Gasteiger partial charge in [0.15, 0.2) is 0 Å². The van der Waals surface area contributed by atoms with Crippen LogP contribution < -0.4 is 0 Å². The Morgan fingerprint density at radius 2 is 2.00 bits per heavy atom. The summed E-state index contributed by atoms with van der Waals surface area (Å²) < 4.78 is 5.20. The van der Waals surface area contributed by atoms with E-state index in [-0.39, 0.29) is 6.10 Å². The molecular weight excluding hydrogens is 232 g/mol. The second kappa shape index (κ2) is 7.22. The highest BCUT2D eigenvalue weighted by Gasteiger charge is 2.24. The molecule has 0 bridgehead atoms. The van der Waals surface area contributed by atoms with E-state index in [0.29, 0.717) is 19.3 Å². The van der Waals surface area contributed by atoms with Crippen molar-refractivity contribution in [2.75, 3.05) is 7.05 Å². The summed E-state index contributed by atoms with van der Waals surface area (Å²) in [6.07, 6.45) is 0.989. The zero-order valence-electron chi connectivity index (χ0n) is 11.9. The molecule has 0 aliphatic carbocycles. The minimum atomic E-state index is -0.565. The SMILES string of the molecule is C[C@@H](O)CCC[C@H](C#N)N(C)C(=O)OC(C)(C)C. The van der Waals surface area contributed by atoms with Gasteiger partial charge in [0.25, 0.3) is 0 Å². The van der Waals surface area contributed by atoms with E-state index >= 15 is 0 Å². The number of rotatable bonds is 5. The van der Waals surface area contributed by atoms with Gasteiger partial charge < -0.3 is 9.84 Å². The van der Waals surface area contributed by atoms with Gasteiger partial charge in [-0.1, -0.05) is 0 Å². The highest BCUT2D eigenvalue weighted by molar-refractivity contribution is 5.68. The maximum absolute atomic E-state index is 11.8. The number of nitrogens with zero attached hydrogens (tertiary/aromatic N) is 2. The van der Waals surface area contributed by atoms with Crippen LogP contribution in [0.5, 0.6) is 0 Å². The number of carbonyl (C=O) groups excluding carboxylic acids is 1. The second-order valence-electron chi connectivity index (χ2n) is 5.52. The molecule has 0 aromatic heterocycles. The molecule has 0 fully saturated rings. The molecular formula is C13H24N2O3. The van der Waals surface area contributed by atoms with Crippen LogP contribution in [0.2, 0.25) is 0 Å². The molecule has 0 aromatic rings. The smallest absolute Gasteiger partial charge is 0.411 e. The predicted octanol–water partition coefficient (Wildman–Crippen LogP) is 2.30. The van der Waals surface area contributed by atoms with Crippen LogP contribution in [0.1, 0.15) is 47.0 Å². The van der Waals surface area contributed by atoms with Crippen LogP contribution in [-0.2, 0) is 4.74 Å². The summed E-state index contributed by atoms with van der Waals surface area (Å²) in [7, 11) is 1.56. The fourth-order valence-electron chi connectivity index (χ4n) is 1.41. The van der Waals surface area contributed by atoms with Gasteiger partial charge in [-0.25, -0.2) is 4.79 Å². The standard InChI is InChI=1S/C13H24N2O3/c1-10(16)7-6-8-11(9-14)15(5)12(17)18-13(2,3)4/h10-11,16H,6-8H2,1-5H3/t10-,11-/m1/s1.